The van der Waals surface area contributed by atoms with Crippen LogP contribution in [0.1, 0.15) is 55.5 Å². The number of nitrogens with zero attached hydrogens (tertiary/aromatic N) is 1. The Kier molecular flexibility index (Phi) is 9.43. The molecule has 1 aliphatic heterocycles. The van der Waals surface area contributed by atoms with Gasteiger partial charge in [-0.25, -0.2) is 0 Å². The summed E-state index contributed by atoms with van der Waals surface area (Å²) in [6.07, 6.45) is 0.357. The lowest BCUT2D eigenvalue weighted by molar-refractivity contribution is -0.155. The van der Waals surface area contributed by atoms with Crippen molar-refractivity contribution < 1.29 is 23.7 Å². The van der Waals surface area contributed by atoms with Crippen molar-refractivity contribution in [2.24, 2.45) is 0 Å². The van der Waals surface area contributed by atoms with Gasteiger partial charge >= 0.3 is 5.97 Å². The molecule has 0 saturated carbocycles. The van der Waals surface area contributed by atoms with Gasteiger partial charge in [-0.3, -0.25) is 9.69 Å². The van der Waals surface area contributed by atoms with Crippen LogP contribution in [0.4, 0.5) is 0 Å². The molecule has 38 heavy (non-hydrogen) atoms. The molecule has 1 aliphatic rings. The molecule has 0 bridgehead atoms. The average Bonchev–Trinajstić information content (AvgIpc) is 2.90. The maximum Gasteiger partial charge on any atom is 0.307 e. The molecule has 0 aliphatic carbocycles. The fraction of sp³-hybridized carbons (Fsp3) is 0.406. The second kappa shape index (κ2) is 12.9. The summed E-state index contributed by atoms with van der Waals surface area (Å²) in [6.45, 7) is 11.7. The normalized spacial score (nSPS) is 16.2. The van der Waals surface area contributed by atoms with Crippen LogP contribution in [-0.4, -0.2) is 42.7 Å². The van der Waals surface area contributed by atoms with Crippen LogP contribution >= 0.6 is 0 Å². The van der Waals surface area contributed by atoms with Crippen molar-refractivity contribution in [3.8, 4) is 11.5 Å². The number of benzene rings is 3. The molecule has 1 unspecified atom stereocenters. The van der Waals surface area contributed by atoms with Crippen LogP contribution in [-0.2, 0) is 27.5 Å². The number of esters is 1. The van der Waals surface area contributed by atoms with E-state index in [1.807, 2.05) is 69.3 Å². The first-order valence-corrected chi connectivity index (χ1v) is 13.3. The first kappa shape index (κ1) is 27.7. The predicted octanol–water partition coefficient (Wildman–Crippen LogP) is 6.26. The van der Waals surface area contributed by atoms with Crippen LogP contribution in [0.2, 0.25) is 0 Å². The molecule has 3 aromatic carbocycles. The van der Waals surface area contributed by atoms with Crippen LogP contribution in [0.3, 0.4) is 0 Å². The highest BCUT2D eigenvalue weighted by Crippen LogP contribution is 2.28. The molecule has 6 nitrogen and oxygen atoms in total. The van der Waals surface area contributed by atoms with Crippen molar-refractivity contribution in [3.05, 3.63) is 95.1 Å². The molecule has 6 heteroatoms. The van der Waals surface area contributed by atoms with Gasteiger partial charge in [0.15, 0.2) is 0 Å². The fourth-order valence-electron chi connectivity index (χ4n) is 4.42. The van der Waals surface area contributed by atoms with Crippen LogP contribution in [0.15, 0.2) is 72.8 Å². The van der Waals surface area contributed by atoms with Gasteiger partial charge in [0.1, 0.15) is 30.3 Å². The van der Waals surface area contributed by atoms with E-state index in [0.29, 0.717) is 32.8 Å². The van der Waals surface area contributed by atoms with Crippen molar-refractivity contribution in [2.45, 2.75) is 59.0 Å². The van der Waals surface area contributed by atoms with Gasteiger partial charge in [-0.1, -0.05) is 48.5 Å². The number of aryl methyl sites for hydroxylation is 1. The third-order valence-electron chi connectivity index (χ3n) is 6.37. The molecule has 1 fully saturated rings. The van der Waals surface area contributed by atoms with Gasteiger partial charge in [0.2, 0.25) is 0 Å². The van der Waals surface area contributed by atoms with Crippen LogP contribution in [0.25, 0.3) is 0 Å². The van der Waals surface area contributed by atoms with Crippen molar-refractivity contribution in [3.63, 3.8) is 0 Å². The highest BCUT2D eigenvalue weighted by Gasteiger charge is 2.24. The van der Waals surface area contributed by atoms with Gasteiger partial charge in [-0.15, -0.1) is 0 Å². The summed E-state index contributed by atoms with van der Waals surface area (Å²) >= 11 is 0. The molecule has 4 rings (SSSR count). The second-order valence-corrected chi connectivity index (χ2v) is 10.7. The molecule has 1 heterocycles. The molecule has 0 amide bonds. The third-order valence-corrected chi connectivity index (χ3v) is 6.37. The summed E-state index contributed by atoms with van der Waals surface area (Å²) in [5.41, 5.74) is 4.05. The molecule has 0 aromatic heterocycles. The van der Waals surface area contributed by atoms with Crippen molar-refractivity contribution >= 4 is 5.97 Å². The lowest BCUT2D eigenvalue weighted by Gasteiger charge is -2.33. The Labute approximate surface area is 226 Å². The van der Waals surface area contributed by atoms with Crippen molar-refractivity contribution in [2.75, 3.05) is 26.2 Å². The number of hydrogen-bond acceptors (Lipinski definition) is 6. The van der Waals surface area contributed by atoms with E-state index in [1.165, 1.54) is 0 Å². The topological polar surface area (TPSA) is 57.2 Å². The Hall–Kier alpha value is -3.35. The Morgan fingerprint density at radius 2 is 1.58 bits per heavy atom. The molecule has 1 saturated heterocycles. The van der Waals surface area contributed by atoms with E-state index in [2.05, 4.69) is 36.1 Å². The summed E-state index contributed by atoms with van der Waals surface area (Å²) in [7, 11) is 0. The van der Waals surface area contributed by atoms with Gasteiger partial charge in [0, 0.05) is 19.6 Å². The van der Waals surface area contributed by atoms with Crippen molar-refractivity contribution in [1.82, 2.24) is 4.90 Å². The summed E-state index contributed by atoms with van der Waals surface area (Å²) in [6, 6.07) is 24.3. The summed E-state index contributed by atoms with van der Waals surface area (Å²) < 4.78 is 23.5. The van der Waals surface area contributed by atoms with E-state index in [-0.39, 0.29) is 12.1 Å². The molecule has 3 aromatic rings. The van der Waals surface area contributed by atoms with Crippen LogP contribution < -0.4 is 9.47 Å². The Balaban J connectivity index is 1.25. The van der Waals surface area contributed by atoms with Crippen LogP contribution in [0, 0.1) is 6.92 Å². The van der Waals surface area contributed by atoms with E-state index in [1.54, 1.807) is 0 Å². The van der Waals surface area contributed by atoms with Crippen LogP contribution in [0.5, 0.6) is 11.5 Å². The number of rotatable bonds is 10. The zero-order chi connectivity index (χ0) is 27.0. The monoisotopic (exact) mass is 517 g/mol. The van der Waals surface area contributed by atoms with Gasteiger partial charge < -0.3 is 18.9 Å². The predicted molar refractivity (Wildman–Crippen MR) is 148 cm³/mol. The standard InChI is InChI=1S/C32H39NO5/c1-24-20-28(37-23-26-10-12-27(13-11-26)36-22-25-8-6-5-7-9-25)14-15-29(24)30-21-33(18-19-35-30)17-16-31(34)38-32(2,3)4/h5-15,20,30H,16-19,21-23H2,1-4H3. The van der Waals surface area contributed by atoms with E-state index in [9.17, 15) is 4.79 Å². The highest BCUT2D eigenvalue weighted by atomic mass is 16.6. The zero-order valence-electron chi connectivity index (χ0n) is 22.9. The number of carbonyl (C=O) groups is 1. The Morgan fingerprint density at radius 3 is 2.26 bits per heavy atom. The molecule has 0 radical (unpaired) electrons. The average molecular weight is 518 g/mol. The molecule has 0 N–H and O–H groups in total. The summed E-state index contributed by atoms with van der Waals surface area (Å²) in [5.74, 6) is 1.51. The maximum absolute atomic E-state index is 12.1. The van der Waals surface area contributed by atoms with Gasteiger partial charge in [-0.2, -0.15) is 0 Å². The minimum absolute atomic E-state index is 0.0279. The van der Waals surface area contributed by atoms with Gasteiger partial charge in [0.05, 0.1) is 19.1 Å². The number of carbonyl (C=O) groups excluding carboxylic acids is 1. The summed E-state index contributed by atoms with van der Waals surface area (Å²) in [4.78, 5) is 14.4. The van der Waals surface area contributed by atoms with Gasteiger partial charge in [0.25, 0.3) is 0 Å². The largest absolute Gasteiger partial charge is 0.489 e. The smallest absolute Gasteiger partial charge is 0.307 e. The molecular weight excluding hydrogens is 478 g/mol. The van der Waals surface area contributed by atoms with Crippen molar-refractivity contribution in [1.29, 1.82) is 0 Å². The minimum Gasteiger partial charge on any atom is -0.489 e. The first-order valence-electron chi connectivity index (χ1n) is 13.3. The quantitative estimate of drug-likeness (QED) is 0.296. The zero-order valence-corrected chi connectivity index (χ0v) is 22.9. The maximum atomic E-state index is 12.1. The number of ether oxygens (including phenoxy) is 4. The molecule has 202 valence electrons. The van der Waals surface area contributed by atoms with E-state index in [4.69, 9.17) is 18.9 Å². The number of hydrogen-bond donors (Lipinski definition) is 0. The van der Waals surface area contributed by atoms with Gasteiger partial charge in [-0.05, 0) is 74.2 Å². The van der Waals surface area contributed by atoms with E-state index >= 15 is 0 Å². The Morgan fingerprint density at radius 1 is 0.921 bits per heavy atom. The lowest BCUT2D eigenvalue weighted by Crippen LogP contribution is -2.40. The molecule has 1 atom stereocenters. The number of morpholine rings is 1. The highest BCUT2D eigenvalue weighted by molar-refractivity contribution is 5.70. The lowest BCUT2D eigenvalue weighted by atomic mass is 10.0. The van der Waals surface area contributed by atoms with E-state index < -0.39 is 5.60 Å². The SMILES string of the molecule is Cc1cc(OCc2ccc(OCc3ccccc3)cc2)ccc1C1CN(CCC(=O)OC(C)(C)C)CCO1. The Bertz CT molecular complexity index is 1170. The first-order chi connectivity index (χ1) is 18.2. The minimum atomic E-state index is -0.452. The molecule has 0 spiro atoms. The molecular formula is C32H39NO5. The van der Waals surface area contributed by atoms with E-state index in [0.717, 1.165) is 46.8 Å². The summed E-state index contributed by atoms with van der Waals surface area (Å²) in [5, 5.41) is 0. The fourth-order valence-corrected chi connectivity index (χ4v) is 4.42. The third kappa shape index (κ3) is 8.61. The second-order valence-electron chi connectivity index (χ2n) is 10.7.